The number of ether oxygens (including phenoxy) is 1. The van der Waals surface area contributed by atoms with Gasteiger partial charge in [-0.2, -0.15) is 0 Å². The van der Waals surface area contributed by atoms with Crippen molar-refractivity contribution < 1.29 is 14.5 Å². The molecule has 1 unspecified atom stereocenters. The van der Waals surface area contributed by atoms with Crippen molar-refractivity contribution >= 4 is 11.5 Å². The summed E-state index contributed by atoms with van der Waals surface area (Å²) in [6.07, 6.45) is 2.29. The number of hydrogen-bond acceptors (Lipinski definition) is 4. The Kier molecular flexibility index (Phi) is 3.60. The summed E-state index contributed by atoms with van der Waals surface area (Å²) < 4.78 is 5.61. The predicted octanol–water partition coefficient (Wildman–Crippen LogP) is 2.79. The van der Waals surface area contributed by atoms with Crippen LogP contribution in [0.1, 0.15) is 31.2 Å². The summed E-state index contributed by atoms with van der Waals surface area (Å²) in [5, 5.41) is 10.9. The number of carbonyl (C=O) groups excluding carboxylic acids is 1. The van der Waals surface area contributed by atoms with Crippen LogP contribution >= 0.6 is 0 Å². The first-order valence-corrected chi connectivity index (χ1v) is 5.99. The third kappa shape index (κ3) is 2.85. The number of benzene rings is 1. The summed E-state index contributed by atoms with van der Waals surface area (Å²) >= 11 is 0. The summed E-state index contributed by atoms with van der Waals surface area (Å²) in [5.74, 6) is 0.423. The first-order chi connectivity index (χ1) is 8.56. The second-order valence-corrected chi connectivity index (χ2v) is 4.60. The van der Waals surface area contributed by atoms with Crippen LogP contribution in [-0.4, -0.2) is 16.8 Å². The molecular weight excluding hydrogens is 234 g/mol. The van der Waals surface area contributed by atoms with Crippen molar-refractivity contribution in [2.45, 2.75) is 38.7 Å². The lowest BCUT2D eigenvalue weighted by Crippen LogP contribution is -2.25. The van der Waals surface area contributed by atoms with E-state index in [0.717, 1.165) is 18.4 Å². The molecule has 1 aliphatic carbocycles. The maximum atomic E-state index is 11.3. The summed E-state index contributed by atoms with van der Waals surface area (Å²) in [4.78, 5) is 21.8. The molecule has 0 amide bonds. The Morgan fingerprint density at radius 1 is 1.44 bits per heavy atom. The molecule has 0 heterocycles. The molecule has 0 aromatic heterocycles. The predicted molar refractivity (Wildman–Crippen MR) is 65.7 cm³/mol. The first-order valence-electron chi connectivity index (χ1n) is 5.99. The zero-order chi connectivity index (χ0) is 13.1. The molecule has 0 radical (unpaired) electrons. The van der Waals surface area contributed by atoms with Gasteiger partial charge in [0.2, 0.25) is 0 Å². The molecule has 1 saturated carbocycles. The van der Waals surface area contributed by atoms with Crippen molar-refractivity contribution in [3.63, 3.8) is 0 Å². The Labute approximate surface area is 105 Å². The number of nitro groups is 1. The molecule has 2 rings (SSSR count). The summed E-state index contributed by atoms with van der Waals surface area (Å²) in [7, 11) is 0. The summed E-state index contributed by atoms with van der Waals surface area (Å²) in [6, 6.07) is 4.86. The third-order valence-electron chi connectivity index (χ3n) is 3.04. The average Bonchev–Trinajstić information content (AvgIpc) is 2.31. The van der Waals surface area contributed by atoms with Gasteiger partial charge in [-0.3, -0.25) is 14.9 Å². The van der Waals surface area contributed by atoms with Crippen LogP contribution in [0.5, 0.6) is 5.75 Å². The Hall–Kier alpha value is -1.91. The Morgan fingerprint density at radius 3 is 2.89 bits per heavy atom. The number of rotatable bonds is 3. The fourth-order valence-electron chi connectivity index (χ4n) is 2.13. The Morgan fingerprint density at radius 2 is 2.22 bits per heavy atom. The largest absolute Gasteiger partial charge is 0.483 e. The van der Waals surface area contributed by atoms with Crippen molar-refractivity contribution in [1.29, 1.82) is 0 Å². The maximum absolute atomic E-state index is 11.3. The van der Waals surface area contributed by atoms with Crippen LogP contribution in [-0.2, 0) is 4.79 Å². The van der Waals surface area contributed by atoms with Crippen LogP contribution < -0.4 is 4.74 Å². The van der Waals surface area contributed by atoms with Crippen molar-refractivity contribution in [3.05, 3.63) is 33.9 Å². The monoisotopic (exact) mass is 249 g/mol. The van der Waals surface area contributed by atoms with Crippen molar-refractivity contribution in [2.24, 2.45) is 0 Å². The van der Waals surface area contributed by atoms with E-state index in [4.69, 9.17) is 4.74 Å². The van der Waals surface area contributed by atoms with Gasteiger partial charge in [0, 0.05) is 18.9 Å². The highest BCUT2D eigenvalue weighted by Gasteiger charge is 2.24. The first kappa shape index (κ1) is 12.5. The van der Waals surface area contributed by atoms with Crippen LogP contribution in [0.15, 0.2) is 18.2 Å². The smallest absolute Gasteiger partial charge is 0.311 e. The minimum Gasteiger partial charge on any atom is -0.483 e. The fraction of sp³-hybridized carbons (Fsp3) is 0.462. The van der Waals surface area contributed by atoms with Gasteiger partial charge in [0.05, 0.1) is 4.92 Å². The van der Waals surface area contributed by atoms with Gasteiger partial charge < -0.3 is 4.74 Å². The van der Waals surface area contributed by atoms with Crippen molar-refractivity contribution in [3.8, 4) is 5.75 Å². The number of aryl methyl sites for hydroxylation is 1. The summed E-state index contributed by atoms with van der Waals surface area (Å²) in [6.45, 7) is 1.79. The lowest BCUT2D eigenvalue weighted by atomic mass is 9.96. The third-order valence-corrected chi connectivity index (χ3v) is 3.04. The highest BCUT2D eigenvalue weighted by atomic mass is 16.6. The van der Waals surface area contributed by atoms with Gasteiger partial charge in [-0.25, -0.2) is 0 Å². The molecule has 0 spiro atoms. The molecule has 0 saturated heterocycles. The second-order valence-electron chi connectivity index (χ2n) is 4.60. The van der Waals surface area contributed by atoms with Crippen LogP contribution in [0.3, 0.4) is 0 Å². The number of carbonyl (C=O) groups is 1. The van der Waals surface area contributed by atoms with E-state index in [-0.39, 0.29) is 23.3 Å². The molecule has 0 bridgehead atoms. The molecule has 1 aromatic carbocycles. The zero-order valence-electron chi connectivity index (χ0n) is 10.2. The number of hydrogen-bond donors (Lipinski definition) is 0. The molecule has 5 heteroatoms. The van der Waals surface area contributed by atoms with Gasteiger partial charge in [-0.05, 0) is 31.4 Å². The van der Waals surface area contributed by atoms with E-state index in [0.29, 0.717) is 12.8 Å². The molecule has 5 nitrogen and oxygen atoms in total. The Bertz CT molecular complexity index is 484. The van der Waals surface area contributed by atoms with Crippen LogP contribution in [0, 0.1) is 17.0 Å². The van der Waals surface area contributed by atoms with Crippen LogP contribution in [0.4, 0.5) is 5.69 Å². The molecule has 1 atom stereocenters. The van der Waals surface area contributed by atoms with Crippen LogP contribution in [0.25, 0.3) is 0 Å². The van der Waals surface area contributed by atoms with E-state index in [2.05, 4.69) is 0 Å². The van der Waals surface area contributed by atoms with Gasteiger partial charge in [-0.1, -0.05) is 6.07 Å². The molecule has 18 heavy (non-hydrogen) atoms. The molecule has 0 N–H and O–H groups in total. The normalized spacial score (nSPS) is 19.6. The molecule has 1 aliphatic rings. The van der Waals surface area contributed by atoms with Gasteiger partial charge in [-0.15, -0.1) is 0 Å². The quantitative estimate of drug-likeness (QED) is 0.610. The molecule has 0 aliphatic heterocycles. The topological polar surface area (TPSA) is 69.4 Å². The second kappa shape index (κ2) is 5.16. The van der Waals surface area contributed by atoms with Crippen molar-refractivity contribution in [2.75, 3.05) is 0 Å². The number of ketones is 1. The minimum absolute atomic E-state index is 0.0342. The van der Waals surface area contributed by atoms with E-state index in [1.807, 2.05) is 0 Å². The zero-order valence-corrected chi connectivity index (χ0v) is 10.2. The van der Waals surface area contributed by atoms with Gasteiger partial charge in [0.1, 0.15) is 11.9 Å². The Balaban J connectivity index is 2.17. The fourth-order valence-corrected chi connectivity index (χ4v) is 2.13. The maximum Gasteiger partial charge on any atom is 0.311 e. The molecule has 96 valence electrons. The van der Waals surface area contributed by atoms with E-state index < -0.39 is 4.92 Å². The number of nitro benzene ring substituents is 1. The highest BCUT2D eigenvalue weighted by molar-refractivity contribution is 5.79. The standard InChI is InChI=1S/C13H15NO4/c1-9-5-6-13(12(7-9)14(16)17)18-11-4-2-3-10(15)8-11/h5-7,11H,2-4,8H2,1H3. The SMILES string of the molecule is Cc1ccc(OC2CCCC(=O)C2)c([N+](=O)[O-])c1. The summed E-state index contributed by atoms with van der Waals surface area (Å²) in [5.41, 5.74) is 0.779. The van der Waals surface area contributed by atoms with Gasteiger partial charge >= 0.3 is 5.69 Å². The highest BCUT2D eigenvalue weighted by Crippen LogP contribution is 2.30. The van der Waals surface area contributed by atoms with E-state index >= 15 is 0 Å². The lowest BCUT2D eigenvalue weighted by molar-refractivity contribution is -0.386. The van der Waals surface area contributed by atoms with Crippen molar-refractivity contribution in [1.82, 2.24) is 0 Å². The van der Waals surface area contributed by atoms with Gasteiger partial charge in [0.25, 0.3) is 0 Å². The molecular formula is C13H15NO4. The lowest BCUT2D eigenvalue weighted by Gasteiger charge is -2.22. The average molecular weight is 249 g/mol. The van der Waals surface area contributed by atoms with Gasteiger partial charge in [0.15, 0.2) is 5.75 Å². The number of nitrogens with zero attached hydrogens (tertiary/aromatic N) is 1. The number of Topliss-reactive ketones (excluding diaryl/α,β-unsaturated/α-hetero) is 1. The van der Waals surface area contributed by atoms with E-state index in [1.165, 1.54) is 6.07 Å². The minimum atomic E-state index is -0.451. The van der Waals surface area contributed by atoms with E-state index in [9.17, 15) is 14.9 Å². The van der Waals surface area contributed by atoms with Crippen LogP contribution in [0.2, 0.25) is 0 Å². The van der Waals surface area contributed by atoms with E-state index in [1.54, 1.807) is 19.1 Å². The molecule has 1 fully saturated rings. The molecule has 1 aromatic rings.